The molecule has 2 aromatic carbocycles. The number of hydrogen-bond donors (Lipinski definition) is 3. The lowest BCUT2D eigenvalue weighted by Gasteiger charge is -2.08. The third kappa shape index (κ3) is 3.63. The van der Waals surface area contributed by atoms with Gasteiger partial charge in [-0.1, -0.05) is 6.07 Å². The highest BCUT2D eigenvalue weighted by Crippen LogP contribution is 2.22. The number of carbonyl (C=O) groups excluding carboxylic acids is 2. The number of aromatic nitrogens is 2. The van der Waals surface area contributed by atoms with Crippen molar-refractivity contribution in [3.63, 3.8) is 0 Å². The van der Waals surface area contributed by atoms with Crippen LogP contribution in [0.5, 0.6) is 5.75 Å². The van der Waals surface area contributed by atoms with Crippen molar-refractivity contribution in [1.29, 1.82) is 0 Å². The summed E-state index contributed by atoms with van der Waals surface area (Å²) >= 11 is 0. The van der Waals surface area contributed by atoms with Crippen LogP contribution in [0.1, 0.15) is 17.3 Å². The largest absolute Gasteiger partial charge is 0.423 e. The zero-order chi connectivity index (χ0) is 18.0. The summed E-state index contributed by atoms with van der Waals surface area (Å²) in [6.45, 7) is 1.40. The number of nitrogens with one attached hydrogen (secondary N) is 1. The number of anilines is 3. The zero-order valence-electron chi connectivity index (χ0n) is 13.3. The minimum absolute atomic E-state index is 0.0649. The summed E-state index contributed by atoms with van der Waals surface area (Å²) in [5, 5.41) is 3.13. The summed E-state index contributed by atoms with van der Waals surface area (Å²) in [5.74, 6) is -0.233. The van der Waals surface area contributed by atoms with Crippen molar-refractivity contribution in [3.8, 4) is 5.75 Å². The molecule has 0 radical (unpaired) electrons. The van der Waals surface area contributed by atoms with E-state index < -0.39 is 5.97 Å². The maximum absolute atomic E-state index is 12.4. The van der Waals surface area contributed by atoms with E-state index in [1.165, 1.54) is 6.92 Å². The summed E-state index contributed by atoms with van der Waals surface area (Å²) in [5.41, 5.74) is 12.7. The number of fused-ring (bicyclic) bond motifs is 1. The third-order valence-electron chi connectivity index (χ3n) is 3.34. The summed E-state index contributed by atoms with van der Waals surface area (Å²) in [6.07, 6.45) is 0. The Morgan fingerprint density at radius 1 is 1.08 bits per heavy atom. The van der Waals surface area contributed by atoms with Gasteiger partial charge >= 0.3 is 5.97 Å². The molecule has 126 valence electrons. The predicted molar refractivity (Wildman–Crippen MR) is 94.1 cm³/mol. The monoisotopic (exact) mass is 337 g/mol. The summed E-state index contributed by atoms with van der Waals surface area (Å²) < 4.78 is 5.34. The van der Waals surface area contributed by atoms with Gasteiger partial charge in [-0.3, -0.25) is 4.79 Å². The van der Waals surface area contributed by atoms with Gasteiger partial charge in [0.15, 0.2) is 0 Å². The van der Waals surface area contributed by atoms with Crippen molar-refractivity contribution in [2.75, 3.05) is 16.8 Å². The molecule has 5 N–H and O–H groups in total. The van der Waals surface area contributed by atoms with Gasteiger partial charge in [-0.15, -0.1) is 0 Å². The van der Waals surface area contributed by atoms with Crippen LogP contribution in [0.2, 0.25) is 0 Å². The zero-order valence-corrected chi connectivity index (χ0v) is 13.3. The van der Waals surface area contributed by atoms with E-state index in [1.807, 2.05) is 0 Å². The molecule has 1 aromatic heterocycles. The Kier molecular flexibility index (Phi) is 4.17. The van der Waals surface area contributed by atoms with Crippen LogP contribution in [-0.2, 0) is 4.79 Å². The number of ether oxygens (including phenoxy) is 1. The summed E-state index contributed by atoms with van der Waals surface area (Å²) in [6, 6.07) is 11.3. The smallest absolute Gasteiger partial charge is 0.343 e. The molecular formula is C17H15N5O3. The quantitative estimate of drug-likeness (QED) is 0.491. The van der Waals surface area contributed by atoms with Crippen molar-refractivity contribution in [3.05, 3.63) is 48.0 Å². The van der Waals surface area contributed by atoms with E-state index in [-0.39, 0.29) is 23.2 Å². The fourth-order valence-electron chi connectivity index (χ4n) is 2.30. The normalized spacial score (nSPS) is 10.4. The Morgan fingerprint density at radius 2 is 1.88 bits per heavy atom. The van der Waals surface area contributed by atoms with Gasteiger partial charge in [0.25, 0.3) is 0 Å². The molecular weight excluding hydrogens is 322 g/mol. The molecule has 0 saturated carbocycles. The van der Waals surface area contributed by atoms with Crippen LogP contribution in [0.4, 0.5) is 17.5 Å². The van der Waals surface area contributed by atoms with E-state index in [0.29, 0.717) is 22.3 Å². The van der Waals surface area contributed by atoms with E-state index in [1.54, 1.807) is 42.5 Å². The molecule has 0 atom stereocenters. The SMILES string of the molecule is CC(=O)Nc1cccc(OC(=O)c2ccc3nc(N)nc(N)c3c2)c1. The molecule has 0 bridgehead atoms. The molecule has 3 aromatic rings. The van der Waals surface area contributed by atoms with Crippen LogP contribution in [-0.4, -0.2) is 21.8 Å². The van der Waals surface area contributed by atoms with Crippen molar-refractivity contribution in [1.82, 2.24) is 9.97 Å². The second-order valence-corrected chi connectivity index (χ2v) is 5.30. The number of amides is 1. The molecule has 8 heteroatoms. The van der Waals surface area contributed by atoms with Crippen LogP contribution in [0.15, 0.2) is 42.5 Å². The van der Waals surface area contributed by atoms with Crippen molar-refractivity contribution < 1.29 is 14.3 Å². The molecule has 0 fully saturated rings. The number of hydrogen-bond acceptors (Lipinski definition) is 7. The first kappa shape index (κ1) is 16.2. The highest BCUT2D eigenvalue weighted by atomic mass is 16.5. The van der Waals surface area contributed by atoms with Gasteiger partial charge in [0.2, 0.25) is 11.9 Å². The van der Waals surface area contributed by atoms with Crippen LogP contribution in [0, 0.1) is 0 Å². The Labute approximate surface area is 142 Å². The van der Waals surface area contributed by atoms with Crippen LogP contribution in [0.25, 0.3) is 10.9 Å². The molecule has 0 spiro atoms. The number of nitrogens with two attached hydrogens (primary N) is 2. The number of rotatable bonds is 3. The van der Waals surface area contributed by atoms with E-state index in [0.717, 1.165) is 0 Å². The van der Waals surface area contributed by atoms with Crippen LogP contribution in [0.3, 0.4) is 0 Å². The highest BCUT2D eigenvalue weighted by Gasteiger charge is 2.12. The molecule has 1 heterocycles. The molecule has 1 amide bonds. The Balaban J connectivity index is 1.86. The van der Waals surface area contributed by atoms with Gasteiger partial charge in [0.05, 0.1) is 11.1 Å². The first-order valence-corrected chi connectivity index (χ1v) is 7.35. The molecule has 0 aliphatic rings. The molecule has 0 unspecified atom stereocenters. The van der Waals surface area contributed by atoms with Gasteiger partial charge in [0, 0.05) is 24.1 Å². The second kappa shape index (κ2) is 6.44. The molecule has 3 rings (SSSR count). The Morgan fingerprint density at radius 3 is 2.64 bits per heavy atom. The molecule has 0 aliphatic heterocycles. The lowest BCUT2D eigenvalue weighted by Crippen LogP contribution is -2.10. The van der Waals surface area contributed by atoms with E-state index in [2.05, 4.69) is 15.3 Å². The molecule has 8 nitrogen and oxygen atoms in total. The van der Waals surface area contributed by atoms with Gasteiger partial charge in [-0.2, -0.15) is 4.98 Å². The van der Waals surface area contributed by atoms with Crippen molar-refractivity contribution in [2.24, 2.45) is 0 Å². The average molecular weight is 337 g/mol. The molecule has 0 saturated heterocycles. The number of carbonyl (C=O) groups is 2. The number of nitrogen functional groups attached to an aromatic ring is 2. The standard InChI is InChI=1S/C17H15N5O3/c1-9(23)20-11-3-2-4-12(8-11)25-16(24)10-5-6-14-13(7-10)15(18)22-17(19)21-14/h2-8H,1H3,(H,20,23)(H4,18,19,21,22). The van der Waals surface area contributed by atoms with E-state index in [4.69, 9.17) is 16.2 Å². The van der Waals surface area contributed by atoms with Crippen molar-refractivity contribution in [2.45, 2.75) is 6.92 Å². The fourth-order valence-corrected chi connectivity index (χ4v) is 2.30. The van der Waals surface area contributed by atoms with Crippen molar-refractivity contribution >= 4 is 40.2 Å². The number of benzene rings is 2. The van der Waals surface area contributed by atoms with Gasteiger partial charge < -0.3 is 21.5 Å². The summed E-state index contributed by atoms with van der Waals surface area (Å²) in [4.78, 5) is 31.4. The maximum atomic E-state index is 12.4. The molecule has 25 heavy (non-hydrogen) atoms. The Bertz CT molecular complexity index is 987. The predicted octanol–water partition coefficient (Wildman–Crippen LogP) is 1.97. The van der Waals surface area contributed by atoms with E-state index >= 15 is 0 Å². The Hall–Kier alpha value is -3.68. The van der Waals surface area contributed by atoms with Gasteiger partial charge in [0.1, 0.15) is 11.6 Å². The van der Waals surface area contributed by atoms with Crippen LogP contribution < -0.4 is 21.5 Å². The van der Waals surface area contributed by atoms with E-state index in [9.17, 15) is 9.59 Å². The number of esters is 1. The average Bonchev–Trinajstić information content (AvgIpc) is 2.54. The fraction of sp³-hybridized carbons (Fsp3) is 0.0588. The topological polar surface area (TPSA) is 133 Å². The minimum Gasteiger partial charge on any atom is -0.423 e. The maximum Gasteiger partial charge on any atom is 0.343 e. The lowest BCUT2D eigenvalue weighted by molar-refractivity contribution is -0.114. The highest BCUT2D eigenvalue weighted by molar-refractivity contribution is 5.98. The van der Waals surface area contributed by atoms with Gasteiger partial charge in [-0.25, -0.2) is 9.78 Å². The minimum atomic E-state index is -0.571. The third-order valence-corrected chi connectivity index (χ3v) is 3.34. The number of nitrogens with zero attached hydrogens (tertiary/aromatic N) is 2. The molecule has 0 aliphatic carbocycles. The lowest BCUT2D eigenvalue weighted by atomic mass is 10.1. The van der Waals surface area contributed by atoms with Crippen LogP contribution >= 0.6 is 0 Å². The second-order valence-electron chi connectivity index (χ2n) is 5.30. The van der Waals surface area contributed by atoms with Gasteiger partial charge in [-0.05, 0) is 30.3 Å². The summed E-state index contributed by atoms with van der Waals surface area (Å²) in [7, 11) is 0. The first-order chi connectivity index (χ1) is 11.9. The first-order valence-electron chi connectivity index (χ1n) is 7.35.